The molecule has 70 valence electrons. The minimum Gasteiger partial charge on any atom is -0.398 e. The van der Waals surface area contributed by atoms with Crippen molar-refractivity contribution in [2.75, 3.05) is 5.73 Å². The van der Waals surface area contributed by atoms with Crippen LogP contribution in [0.15, 0.2) is 6.07 Å². The van der Waals surface area contributed by atoms with Crippen LogP contribution < -0.4 is 11.5 Å². The molecule has 0 spiro atoms. The highest BCUT2D eigenvalue weighted by Gasteiger charge is 2.14. The van der Waals surface area contributed by atoms with E-state index in [0.717, 1.165) is 10.7 Å². The van der Waals surface area contributed by atoms with Gasteiger partial charge in [-0.25, -0.2) is 0 Å². The summed E-state index contributed by atoms with van der Waals surface area (Å²) in [5, 5.41) is 0. The first-order chi connectivity index (χ1) is 5.95. The molecule has 1 rings (SSSR count). The minimum atomic E-state index is -0.439. The number of hydrogen-bond acceptors (Lipinski definition) is 2. The number of halogens is 3. The molecule has 13 heavy (non-hydrogen) atoms. The predicted molar refractivity (Wildman–Crippen MR) is 77.5 cm³/mol. The van der Waals surface area contributed by atoms with Gasteiger partial charge >= 0.3 is 0 Å². The molecule has 3 nitrogen and oxygen atoms in total. The van der Waals surface area contributed by atoms with E-state index in [-0.39, 0.29) is 0 Å². The average molecular weight is 514 g/mol. The van der Waals surface area contributed by atoms with Crippen LogP contribution in [0.2, 0.25) is 0 Å². The fourth-order valence-corrected chi connectivity index (χ4v) is 3.04. The maximum atomic E-state index is 11.0. The van der Waals surface area contributed by atoms with Crippen molar-refractivity contribution < 1.29 is 4.79 Å². The van der Waals surface area contributed by atoms with Gasteiger partial charge in [-0.1, -0.05) is 0 Å². The van der Waals surface area contributed by atoms with Gasteiger partial charge in [0.05, 0.1) is 9.13 Å². The smallest absolute Gasteiger partial charge is 0.249 e. The second-order valence-electron chi connectivity index (χ2n) is 2.32. The summed E-state index contributed by atoms with van der Waals surface area (Å²) in [6, 6.07) is 1.62. The van der Waals surface area contributed by atoms with E-state index in [4.69, 9.17) is 11.5 Å². The van der Waals surface area contributed by atoms with E-state index in [1.54, 1.807) is 6.07 Å². The van der Waals surface area contributed by atoms with Crippen molar-refractivity contribution in [3.05, 3.63) is 22.3 Å². The molecular weight excluding hydrogens is 509 g/mol. The van der Waals surface area contributed by atoms with Crippen LogP contribution in [0.25, 0.3) is 0 Å². The predicted octanol–water partition coefficient (Wildman–Crippen LogP) is 2.18. The Labute approximate surface area is 116 Å². The molecule has 0 bridgehead atoms. The average Bonchev–Trinajstić information content (AvgIpc) is 2.07. The third-order valence-corrected chi connectivity index (χ3v) is 6.87. The lowest BCUT2D eigenvalue weighted by Crippen LogP contribution is -2.14. The lowest BCUT2D eigenvalue weighted by atomic mass is 10.2. The van der Waals surface area contributed by atoms with E-state index < -0.39 is 5.91 Å². The molecule has 0 heterocycles. The highest BCUT2D eigenvalue weighted by atomic mass is 127. The van der Waals surface area contributed by atoms with Crippen molar-refractivity contribution >= 4 is 79.4 Å². The summed E-state index contributed by atoms with van der Waals surface area (Å²) in [5.74, 6) is -0.439. The Bertz CT molecular complexity index is 378. The molecule has 0 saturated carbocycles. The van der Waals surface area contributed by atoms with Gasteiger partial charge in [-0.2, -0.15) is 0 Å². The van der Waals surface area contributed by atoms with Gasteiger partial charge in [-0.15, -0.1) is 0 Å². The first-order valence-electron chi connectivity index (χ1n) is 3.18. The number of nitrogen functional groups attached to an aromatic ring is 1. The van der Waals surface area contributed by atoms with Gasteiger partial charge in [0.2, 0.25) is 5.91 Å². The van der Waals surface area contributed by atoms with Crippen molar-refractivity contribution in [1.29, 1.82) is 0 Å². The molecule has 0 fully saturated rings. The number of carbonyl (C=O) groups is 1. The molecule has 0 saturated heterocycles. The normalized spacial score (nSPS) is 10.1. The molecule has 0 aliphatic carbocycles. The van der Waals surface area contributed by atoms with E-state index in [1.165, 1.54) is 0 Å². The zero-order valence-electron chi connectivity index (χ0n) is 6.27. The van der Waals surface area contributed by atoms with Gasteiger partial charge in [0.15, 0.2) is 0 Å². The van der Waals surface area contributed by atoms with E-state index in [9.17, 15) is 4.79 Å². The molecule has 4 N–H and O–H groups in total. The zero-order chi connectivity index (χ0) is 10.2. The molecule has 0 unspecified atom stereocenters. The molecule has 6 heteroatoms. The number of primary amides is 1. The Balaban J connectivity index is 3.50. The van der Waals surface area contributed by atoms with Crippen molar-refractivity contribution in [3.8, 4) is 0 Å². The molecule has 1 aromatic rings. The SMILES string of the molecule is NC(=O)c1cc(N)c(I)c(I)c1I. The summed E-state index contributed by atoms with van der Waals surface area (Å²) in [7, 11) is 0. The first-order valence-corrected chi connectivity index (χ1v) is 6.41. The summed E-state index contributed by atoms with van der Waals surface area (Å²) >= 11 is 6.39. The molecule has 1 aromatic carbocycles. The Morgan fingerprint density at radius 2 is 1.69 bits per heavy atom. The van der Waals surface area contributed by atoms with Crippen LogP contribution in [0.5, 0.6) is 0 Å². The van der Waals surface area contributed by atoms with E-state index in [2.05, 4.69) is 67.8 Å². The maximum Gasteiger partial charge on any atom is 0.249 e. The Morgan fingerprint density at radius 3 is 2.15 bits per heavy atom. The van der Waals surface area contributed by atoms with Crippen molar-refractivity contribution in [3.63, 3.8) is 0 Å². The largest absolute Gasteiger partial charge is 0.398 e. The molecule has 1 amide bonds. The Hall–Kier alpha value is 0.680. The van der Waals surface area contributed by atoms with Gasteiger partial charge < -0.3 is 11.5 Å². The van der Waals surface area contributed by atoms with Crippen LogP contribution >= 0.6 is 67.8 Å². The van der Waals surface area contributed by atoms with Crippen molar-refractivity contribution in [2.24, 2.45) is 5.73 Å². The fraction of sp³-hybridized carbons (Fsp3) is 0. The molecule has 0 aromatic heterocycles. The van der Waals surface area contributed by atoms with Gasteiger partial charge in [0.1, 0.15) is 0 Å². The third-order valence-electron chi connectivity index (χ3n) is 1.44. The first kappa shape index (κ1) is 11.8. The van der Waals surface area contributed by atoms with Crippen LogP contribution in [0.1, 0.15) is 10.4 Å². The van der Waals surface area contributed by atoms with Crippen molar-refractivity contribution in [1.82, 2.24) is 0 Å². The minimum absolute atomic E-state index is 0.439. The molecular formula is C7H5I3N2O. The lowest BCUT2D eigenvalue weighted by Gasteiger charge is -2.07. The van der Waals surface area contributed by atoms with E-state index in [1.807, 2.05) is 0 Å². The van der Waals surface area contributed by atoms with Gasteiger partial charge in [0.25, 0.3) is 0 Å². The van der Waals surface area contributed by atoms with Gasteiger partial charge in [0, 0.05) is 12.8 Å². The van der Waals surface area contributed by atoms with Crippen LogP contribution in [-0.4, -0.2) is 5.91 Å². The van der Waals surface area contributed by atoms with Crippen molar-refractivity contribution in [2.45, 2.75) is 0 Å². The molecule has 0 aliphatic heterocycles. The molecule has 0 atom stereocenters. The summed E-state index contributed by atoms with van der Waals surface area (Å²) < 4.78 is 2.81. The van der Waals surface area contributed by atoms with Crippen LogP contribution in [0.4, 0.5) is 5.69 Å². The standard InChI is InChI=1S/C7H5I3N2O/c8-4-2(7(12)13)1-3(11)5(9)6(4)10/h1H,11H2,(H2,12,13). The number of carbonyl (C=O) groups excluding carboxylic acids is 1. The number of anilines is 1. The van der Waals surface area contributed by atoms with Crippen LogP contribution in [-0.2, 0) is 0 Å². The topological polar surface area (TPSA) is 69.1 Å². The summed E-state index contributed by atoms with van der Waals surface area (Å²) in [6.07, 6.45) is 0. The second-order valence-corrected chi connectivity index (χ2v) is 5.56. The van der Waals surface area contributed by atoms with Gasteiger partial charge in [-0.3, -0.25) is 4.79 Å². The highest BCUT2D eigenvalue weighted by molar-refractivity contribution is 14.1. The van der Waals surface area contributed by atoms with Crippen LogP contribution in [0.3, 0.4) is 0 Å². The number of amides is 1. The summed E-state index contributed by atoms with van der Waals surface area (Å²) in [6.45, 7) is 0. The Morgan fingerprint density at radius 1 is 1.15 bits per heavy atom. The zero-order valence-corrected chi connectivity index (χ0v) is 12.7. The third kappa shape index (κ3) is 2.37. The summed E-state index contributed by atoms with van der Waals surface area (Å²) in [5.41, 5.74) is 12.0. The lowest BCUT2D eigenvalue weighted by molar-refractivity contribution is 0.0999. The monoisotopic (exact) mass is 514 g/mol. The highest BCUT2D eigenvalue weighted by Crippen LogP contribution is 2.28. The maximum absolute atomic E-state index is 11.0. The quantitative estimate of drug-likeness (QED) is 0.343. The number of rotatable bonds is 1. The van der Waals surface area contributed by atoms with Gasteiger partial charge in [-0.05, 0) is 73.8 Å². The fourth-order valence-electron chi connectivity index (χ4n) is 0.803. The molecule has 0 aliphatic rings. The van der Waals surface area contributed by atoms with E-state index in [0.29, 0.717) is 11.3 Å². The molecule has 0 radical (unpaired) electrons. The summed E-state index contributed by atoms with van der Waals surface area (Å²) in [4.78, 5) is 11.0. The van der Waals surface area contributed by atoms with Crippen LogP contribution in [0, 0.1) is 10.7 Å². The number of benzene rings is 1. The Kier molecular flexibility index (Phi) is 4.04. The van der Waals surface area contributed by atoms with E-state index >= 15 is 0 Å². The number of hydrogen-bond donors (Lipinski definition) is 2. The second kappa shape index (κ2) is 4.47. The number of nitrogens with two attached hydrogens (primary N) is 2.